The van der Waals surface area contributed by atoms with E-state index in [1.54, 1.807) is 0 Å². The summed E-state index contributed by atoms with van der Waals surface area (Å²) < 4.78 is 4.14. The molecule has 8 heteroatoms. The van der Waals surface area contributed by atoms with Crippen molar-refractivity contribution in [1.82, 2.24) is 29.4 Å². The van der Waals surface area contributed by atoms with Gasteiger partial charge in [-0.1, -0.05) is 13.8 Å². The van der Waals surface area contributed by atoms with Gasteiger partial charge < -0.3 is 9.67 Å². The maximum atomic E-state index is 11.6. The second kappa shape index (κ2) is 7.07. The lowest BCUT2D eigenvalue weighted by molar-refractivity contribution is 0.0687. The molecule has 8 nitrogen and oxygen atoms in total. The lowest BCUT2D eigenvalue weighted by Crippen LogP contribution is -2.41. The lowest BCUT2D eigenvalue weighted by Gasteiger charge is -2.33. The van der Waals surface area contributed by atoms with E-state index < -0.39 is 5.97 Å². The van der Waals surface area contributed by atoms with Crippen molar-refractivity contribution in [3.8, 4) is 0 Å². The highest BCUT2D eigenvalue weighted by Crippen LogP contribution is 2.29. The third-order valence-electron chi connectivity index (χ3n) is 5.94. The number of nitrogens with zero attached hydrogens (tertiary/aromatic N) is 6. The van der Waals surface area contributed by atoms with Gasteiger partial charge in [-0.2, -0.15) is 5.10 Å². The summed E-state index contributed by atoms with van der Waals surface area (Å²) in [7, 11) is 0. The van der Waals surface area contributed by atoms with E-state index in [1.807, 2.05) is 11.6 Å². The Balaban J connectivity index is 1.53. The molecule has 0 saturated carbocycles. The highest BCUT2D eigenvalue weighted by molar-refractivity contribution is 5.87. The number of hydrogen-bond donors (Lipinski definition) is 1. The molecule has 1 unspecified atom stereocenters. The zero-order chi connectivity index (χ0) is 19.1. The molecule has 1 aliphatic carbocycles. The van der Waals surface area contributed by atoms with Crippen molar-refractivity contribution in [2.45, 2.75) is 71.5 Å². The summed E-state index contributed by atoms with van der Waals surface area (Å²) in [5.41, 5.74) is 2.29. The van der Waals surface area contributed by atoms with Crippen molar-refractivity contribution >= 4 is 5.97 Å². The molecule has 2 aromatic rings. The van der Waals surface area contributed by atoms with E-state index in [0.717, 1.165) is 74.8 Å². The summed E-state index contributed by atoms with van der Waals surface area (Å²) in [4.78, 5) is 14.2. The largest absolute Gasteiger partial charge is 0.476 e. The number of aromatic carboxylic acids is 1. The Morgan fingerprint density at radius 2 is 2.04 bits per heavy atom. The van der Waals surface area contributed by atoms with Crippen molar-refractivity contribution < 1.29 is 9.90 Å². The van der Waals surface area contributed by atoms with Gasteiger partial charge in [0.2, 0.25) is 0 Å². The van der Waals surface area contributed by atoms with E-state index in [1.165, 1.54) is 0 Å². The van der Waals surface area contributed by atoms with Crippen LogP contribution in [0.15, 0.2) is 0 Å². The molecule has 0 saturated heterocycles. The number of carbonyl (C=O) groups is 1. The van der Waals surface area contributed by atoms with Gasteiger partial charge in [-0.3, -0.25) is 9.58 Å². The molecule has 0 spiro atoms. The molecule has 0 radical (unpaired) electrons. The molecule has 146 valence electrons. The topological polar surface area (TPSA) is 89.1 Å². The van der Waals surface area contributed by atoms with Gasteiger partial charge in [0, 0.05) is 55.8 Å². The average Bonchev–Trinajstić information content (AvgIpc) is 3.16. The first-order valence-electron chi connectivity index (χ1n) is 9.97. The van der Waals surface area contributed by atoms with E-state index in [0.29, 0.717) is 12.0 Å². The molecule has 4 rings (SSSR count). The first kappa shape index (κ1) is 18.2. The third kappa shape index (κ3) is 3.16. The van der Waals surface area contributed by atoms with Crippen LogP contribution in [0.1, 0.15) is 66.5 Å². The van der Waals surface area contributed by atoms with Crippen LogP contribution in [0.3, 0.4) is 0 Å². The molecular weight excluding hydrogens is 344 g/mol. The summed E-state index contributed by atoms with van der Waals surface area (Å²) in [6.07, 6.45) is 3.61. The molecule has 27 heavy (non-hydrogen) atoms. The van der Waals surface area contributed by atoms with Gasteiger partial charge in [0.05, 0.1) is 0 Å². The van der Waals surface area contributed by atoms with Crippen LogP contribution in [0.4, 0.5) is 0 Å². The first-order valence-corrected chi connectivity index (χ1v) is 9.97. The SMILES string of the molecule is CCn1nc(C(=O)O)c2c1CCC(N1CCc3nnc(C(C)C)n3CC1)C2. The maximum Gasteiger partial charge on any atom is 0.356 e. The predicted molar refractivity (Wildman–Crippen MR) is 100 cm³/mol. The second-order valence-electron chi connectivity index (χ2n) is 7.86. The number of aromatic nitrogens is 5. The maximum absolute atomic E-state index is 11.6. The Hall–Kier alpha value is -2.22. The van der Waals surface area contributed by atoms with Crippen molar-refractivity contribution in [3.63, 3.8) is 0 Å². The van der Waals surface area contributed by atoms with E-state index in [9.17, 15) is 9.90 Å². The Bertz CT molecular complexity index is 853. The van der Waals surface area contributed by atoms with Crippen molar-refractivity contribution in [2.24, 2.45) is 0 Å². The van der Waals surface area contributed by atoms with Crippen LogP contribution in [0.5, 0.6) is 0 Å². The number of carboxylic acids is 1. The summed E-state index contributed by atoms with van der Waals surface area (Å²) in [5.74, 6) is 1.59. The Morgan fingerprint density at radius 1 is 1.22 bits per heavy atom. The molecule has 0 amide bonds. The summed E-state index contributed by atoms with van der Waals surface area (Å²) in [6, 6.07) is 0.366. The number of rotatable bonds is 4. The first-order chi connectivity index (χ1) is 13.0. The smallest absolute Gasteiger partial charge is 0.356 e. The van der Waals surface area contributed by atoms with Crippen LogP contribution in [0, 0.1) is 0 Å². The highest BCUT2D eigenvalue weighted by Gasteiger charge is 2.32. The second-order valence-corrected chi connectivity index (χ2v) is 7.86. The third-order valence-corrected chi connectivity index (χ3v) is 5.94. The summed E-state index contributed by atoms with van der Waals surface area (Å²) in [6.45, 7) is 9.84. The predicted octanol–water partition coefficient (Wildman–Crippen LogP) is 1.73. The molecule has 0 bridgehead atoms. The highest BCUT2D eigenvalue weighted by atomic mass is 16.4. The van der Waals surface area contributed by atoms with Gasteiger partial charge in [0.1, 0.15) is 11.6 Å². The Morgan fingerprint density at radius 3 is 2.74 bits per heavy atom. The number of carboxylic acid groups (broad SMARTS) is 1. The summed E-state index contributed by atoms with van der Waals surface area (Å²) >= 11 is 0. The van der Waals surface area contributed by atoms with E-state index in [2.05, 4.69) is 38.6 Å². The molecule has 1 aliphatic heterocycles. The van der Waals surface area contributed by atoms with Gasteiger partial charge in [-0.15, -0.1) is 10.2 Å². The fourth-order valence-electron chi connectivity index (χ4n) is 4.57. The van der Waals surface area contributed by atoms with E-state index >= 15 is 0 Å². The van der Waals surface area contributed by atoms with Crippen molar-refractivity contribution in [2.75, 3.05) is 13.1 Å². The van der Waals surface area contributed by atoms with Gasteiger partial charge in [0.15, 0.2) is 5.69 Å². The monoisotopic (exact) mass is 372 g/mol. The standard InChI is InChI=1S/C19H28N6O2/c1-4-25-15-6-5-13(11-14(15)17(22-25)19(26)27)23-8-7-16-20-21-18(12(2)3)24(16)10-9-23/h12-13H,4-11H2,1-3H3,(H,26,27). The minimum Gasteiger partial charge on any atom is -0.476 e. The average molecular weight is 372 g/mol. The van der Waals surface area contributed by atoms with Crippen LogP contribution in [0.2, 0.25) is 0 Å². The van der Waals surface area contributed by atoms with Gasteiger partial charge in [-0.05, 0) is 26.2 Å². The molecule has 1 atom stereocenters. The van der Waals surface area contributed by atoms with Crippen LogP contribution < -0.4 is 0 Å². The molecule has 0 aromatic carbocycles. The van der Waals surface area contributed by atoms with E-state index in [4.69, 9.17) is 0 Å². The van der Waals surface area contributed by atoms with Crippen LogP contribution in [0.25, 0.3) is 0 Å². The normalized spacial score (nSPS) is 20.4. The molecule has 2 aliphatic rings. The van der Waals surface area contributed by atoms with Gasteiger partial charge >= 0.3 is 5.97 Å². The number of hydrogen-bond acceptors (Lipinski definition) is 5. The van der Waals surface area contributed by atoms with Gasteiger partial charge in [0.25, 0.3) is 0 Å². The molecule has 3 heterocycles. The zero-order valence-electron chi connectivity index (χ0n) is 16.4. The minimum atomic E-state index is -0.914. The van der Waals surface area contributed by atoms with Crippen molar-refractivity contribution in [1.29, 1.82) is 0 Å². The van der Waals surface area contributed by atoms with Crippen molar-refractivity contribution in [3.05, 3.63) is 28.6 Å². The quantitative estimate of drug-likeness (QED) is 0.879. The molecule has 0 fully saturated rings. The molecule has 2 aromatic heterocycles. The Labute approximate surface area is 159 Å². The fourth-order valence-corrected chi connectivity index (χ4v) is 4.57. The van der Waals surface area contributed by atoms with E-state index in [-0.39, 0.29) is 5.69 Å². The van der Waals surface area contributed by atoms with Crippen LogP contribution in [-0.2, 0) is 32.4 Å². The summed E-state index contributed by atoms with van der Waals surface area (Å²) in [5, 5.41) is 22.7. The Kier molecular flexibility index (Phi) is 4.75. The van der Waals surface area contributed by atoms with Crippen LogP contribution in [-0.4, -0.2) is 59.7 Å². The van der Waals surface area contributed by atoms with Gasteiger partial charge in [-0.25, -0.2) is 4.79 Å². The lowest BCUT2D eigenvalue weighted by atomic mass is 9.90. The molecular formula is C19H28N6O2. The molecule has 1 N–H and O–H groups in total. The fraction of sp³-hybridized carbons (Fsp3) is 0.684. The zero-order valence-corrected chi connectivity index (χ0v) is 16.4. The number of aryl methyl sites for hydroxylation is 1. The number of fused-ring (bicyclic) bond motifs is 2. The van der Waals surface area contributed by atoms with Crippen LogP contribution >= 0.6 is 0 Å². The minimum absolute atomic E-state index is 0.241.